The van der Waals surface area contributed by atoms with Gasteiger partial charge in [-0.3, -0.25) is 4.57 Å². The average molecular weight is 728 g/mol. The van der Waals surface area contributed by atoms with E-state index in [0.717, 1.165) is 77.0 Å². The lowest BCUT2D eigenvalue weighted by atomic mass is 9.94. The van der Waals surface area contributed by atoms with Crippen molar-refractivity contribution in [3.63, 3.8) is 0 Å². The van der Waals surface area contributed by atoms with Crippen LogP contribution in [0.3, 0.4) is 0 Å². The van der Waals surface area contributed by atoms with Crippen LogP contribution in [0.2, 0.25) is 0 Å². The highest BCUT2D eigenvalue weighted by molar-refractivity contribution is 6.33. The van der Waals surface area contributed by atoms with Crippen LogP contribution in [0, 0.1) is 0 Å². The van der Waals surface area contributed by atoms with Crippen LogP contribution < -0.4 is 0 Å². The first-order valence-corrected chi connectivity index (χ1v) is 19.2. The van der Waals surface area contributed by atoms with Gasteiger partial charge in [0.2, 0.25) is 5.95 Å². The first-order chi connectivity index (χ1) is 28.3. The zero-order valence-corrected chi connectivity index (χ0v) is 30.4. The molecule has 57 heavy (non-hydrogen) atoms. The molecule has 13 aromatic rings. The van der Waals surface area contributed by atoms with E-state index in [-0.39, 0.29) is 0 Å². The maximum atomic E-state index is 6.74. The predicted molar refractivity (Wildman–Crippen MR) is 233 cm³/mol. The Morgan fingerprint density at radius 1 is 0.351 bits per heavy atom. The van der Waals surface area contributed by atoms with Gasteiger partial charge in [0.05, 0.1) is 27.8 Å². The van der Waals surface area contributed by atoms with Crippen molar-refractivity contribution in [3.8, 4) is 34.4 Å². The summed E-state index contributed by atoms with van der Waals surface area (Å²) in [5.74, 6) is 1.79. The Labute approximate surface area is 324 Å². The monoisotopic (exact) mass is 727 g/mol. The normalized spacial score (nSPS) is 12.2. The Kier molecular flexibility index (Phi) is 6.07. The van der Waals surface area contributed by atoms with Gasteiger partial charge in [0.25, 0.3) is 0 Å². The highest BCUT2D eigenvalue weighted by Gasteiger charge is 2.25. The molecule has 0 spiro atoms. The summed E-state index contributed by atoms with van der Waals surface area (Å²) in [5, 5.41) is 11.7. The van der Waals surface area contributed by atoms with Crippen LogP contribution in [0.5, 0.6) is 0 Å². The van der Waals surface area contributed by atoms with Crippen LogP contribution in [-0.2, 0) is 0 Å². The molecule has 4 aromatic heterocycles. The smallest absolute Gasteiger partial charge is 0.238 e. The van der Waals surface area contributed by atoms with E-state index in [1.165, 1.54) is 26.9 Å². The fourth-order valence-corrected chi connectivity index (χ4v) is 9.32. The Hall–Kier alpha value is -7.83. The van der Waals surface area contributed by atoms with Gasteiger partial charge in [-0.15, -0.1) is 0 Å². The van der Waals surface area contributed by atoms with E-state index in [9.17, 15) is 0 Å². The van der Waals surface area contributed by atoms with Crippen LogP contribution in [0.15, 0.2) is 180 Å². The molecular formula is C51H29N5O. The molecular weight excluding hydrogens is 699 g/mol. The van der Waals surface area contributed by atoms with Crippen LogP contribution in [-0.4, -0.2) is 24.1 Å². The minimum Gasteiger partial charge on any atom is -0.456 e. The molecule has 0 saturated carbocycles. The fraction of sp³-hybridized carbons (Fsp3) is 0. The van der Waals surface area contributed by atoms with E-state index < -0.39 is 0 Å². The predicted octanol–water partition coefficient (Wildman–Crippen LogP) is 13.0. The van der Waals surface area contributed by atoms with E-state index >= 15 is 0 Å². The largest absolute Gasteiger partial charge is 0.456 e. The number of fused-ring (bicyclic) bond motifs is 10. The molecule has 6 nitrogen and oxygen atoms in total. The van der Waals surface area contributed by atoms with Crippen LogP contribution in [0.4, 0.5) is 0 Å². The molecule has 4 heterocycles. The lowest BCUT2D eigenvalue weighted by molar-refractivity contribution is 0.669. The number of para-hydroxylation sites is 2. The Morgan fingerprint density at radius 2 is 0.860 bits per heavy atom. The van der Waals surface area contributed by atoms with Crippen molar-refractivity contribution < 1.29 is 4.42 Å². The maximum Gasteiger partial charge on any atom is 0.238 e. The van der Waals surface area contributed by atoms with E-state index in [2.05, 4.69) is 149 Å². The maximum absolute atomic E-state index is 6.74. The molecule has 264 valence electrons. The Morgan fingerprint density at radius 3 is 1.51 bits per heavy atom. The van der Waals surface area contributed by atoms with E-state index in [1.54, 1.807) is 0 Å². The number of hydrogen-bond donors (Lipinski definition) is 0. The van der Waals surface area contributed by atoms with Gasteiger partial charge in [0, 0.05) is 49.5 Å². The average Bonchev–Trinajstić information content (AvgIpc) is 3.94. The molecule has 9 aromatic carbocycles. The van der Waals surface area contributed by atoms with Gasteiger partial charge in [-0.05, 0) is 45.8 Å². The summed E-state index contributed by atoms with van der Waals surface area (Å²) in [6, 6.07) is 61.8. The van der Waals surface area contributed by atoms with Crippen LogP contribution in [0.1, 0.15) is 0 Å². The minimum absolute atomic E-state index is 0.558. The van der Waals surface area contributed by atoms with Crippen molar-refractivity contribution in [3.05, 3.63) is 176 Å². The molecule has 6 heteroatoms. The van der Waals surface area contributed by atoms with Crippen molar-refractivity contribution in [2.75, 3.05) is 0 Å². The van der Waals surface area contributed by atoms with Crippen LogP contribution in [0.25, 0.3) is 122 Å². The Bertz CT molecular complexity index is 3690. The topological polar surface area (TPSA) is 61.7 Å². The minimum atomic E-state index is 0.558. The molecule has 0 amide bonds. The summed E-state index contributed by atoms with van der Waals surface area (Å²) in [6.07, 6.45) is 0. The highest BCUT2D eigenvalue weighted by Crippen LogP contribution is 2.46. The number of benzene rings is 9. The van der Waals surface area contributed by atoms with Crippen molar-refractivity contribution in [2.24, 2.45) is 0 Å². The van der Waals surface area contributed by atoms with Crippen molar-refractivity contribution >= 4 is 87.1 Å². The standard InChI is InChI=1S/C51H29N5O/c1-3-14-30(15-4-1)49-52-50(31-16-5-2-6-17-31)54-51(53-49)56-42-24-12-10-21-36(42)39-27-26-38-35-20-9-11-23-41(35)55(47(38)48(39)56)32-28-40-34-19-8-7-18-33(34)37-22-13-25-43-45(37)46(40)44(29-32)57-43/h1-29H. The molecule has 0 saturated heterocycles. The molecule has 0 atom stereocenters. The van der Waals surface area contributed by atoms with Gasteiger partial charge in [0.15, 0.2) is 11.6 Å². The molecule has 0 N–H and O–H groups in total. The number of nitrogens with zero attached hydrogens (tertiary/aromatic N) is 5. The zero-order chi connectivity index (χ0) is 37.2. The lowest BCUT2D eigenvalue weighted by Crippen LogP contribution is -2.07. The summed E-state index contributed by atoms with van der Waals surface area (Å²) in [7, 11) is 0. The van der Waals surface area contributed by atoms with Crippen LogP contribution >= 0.6 is 0 Å². The summed E-state index contributed by atoms with van der Waals surface area (Å²) in [4.78, 5) is 15.6. The summed E-state index contributed by atoms with van der Waals surface area (Å²) in [5.41, 5.74) is 8.87. The van der Waals surface area contributed by atoms with Crippen molar-refractivity contribution in [1.29, 1.82) is 0 Å². The van der Waals surface area contributed by atoms with E-state index in [1.807, 2.05) is 36.4 Å². The molecule has 0 aliphatic carbocycles. The number of aromatic nitrogens is 5. The van der Waals surface area contributed by atoms with E-state index in [0.29, 0.717) is 17.6 Å². The van der Waals surface area contributed by atoms with Gasteiger partial charge in [-0.2, -0.15) is 9.97 Å². The third-order valence-electron chi connectivity index (χ3n) is 11.7. The SMILES string of the molecule is c1ccc(-c2nc(-c3ccccc3)nc(-n3c4ccccc4c4ccc5c6ccccc6n(-c6cc7oc8cccc9c%10ccccc%10c(c6)c7c89)c5c43)n2)cc1. The lowest BCUT2D eigenvalue weighted by Gasteiger charge is -2.14. The summed E-state index contributed by atoms with van der Waals surface area (Å²) < 4.78 is 11.4. The second kappa shape index (κ2) is 11.4. The van der Waals surface area contributed by atoms with E-state index in [4.69, 9.17) is 19.4 Å². The van der Waals surface area contributed by atoms with Gasteiger partial charge in [-0.1, -0.05) is 146 Å². The number of furan rings is 1. The summed E-state index contributed by atoms with van der Waals surface area (Å²) in [6.45, 7) is 0. The second-order valence-electron chi connectivity index (χ2n) is 14.8. The third-order valence-corrected chi connectivity index (χ3v) is 11.7. The molecule has 13 rings (SSSR count). The van der Waals surface area contributed by atoms with Gasteiger partial charge >= 0.3 is 0 Å². The third kappa shape index (κ3) is 4.21. The summed E-state index contributed by atoms with van der Waals surface area (Å²) >= 11 is 0. The van der Waals surface area contributed by atoms with Gasteiger partial charge in [0.1, 0.15) is 11.2 Å². The Balaban J connectivity index is 1.21. The van der Waals surface area contributed by atoms with Crippen molar-refractivity contribution in [1.82, 2.24) is 24.1 Å². The first kappa shape index (κ1) is 30.5. The quantitative estimate of drug-likeness (QED) is 0.169. The molecule has 0 unspecified atom stereocenters. The molecule has 0 aliphatic heterocycles. The first-order valence-electron chi connectivity index (χ1n) is 19.2. The van der Waals surface area contributed by atoms with Gasteiger partial charge in [-0.25, -0.2) is 4.98 Å². The molecule has 0 bridgehead atoms. The van der Waals surface area contributed by atoms with Gasteiger partial charge < -0.3 is 8.98 Å². The number of rotatable bonds is 4. The molecule has 0 fully saturated rings. The van der Waals surface area contributed by atoms with Crippen molar-refractivity contribution in [2.45, 2.75) is 0 Å². The second-order valence-corrected chi connectivity index (χ2v) is 14.8. The molecule has 0 radical (unpaired) electrons. The highest BCUT2D eigenvalue weighted by atomic mass is 16.3. The zero-order valence-electron chi connectivity index (χ0n) is 30.4. The number of hydrogen-bond acceptors (Lipinski definition) is 4. The molecule has 0 aliphatic rings. The fourth-order valence-electron chi connectivity index (χ4n) is 9.32.